The van der Waals surface area contributed by atoms with Crippen LogP contribution >= 0.6 is 23.8 Å². The molecule has 0 aliphatic heterocycles. The number of nitrogens with two attached hydrogens (primary N) is 1. The van der Waals surface area contributed by atoms with Crippen LogP contribution in [0.25, 0.3) is 0 Å². The highest BCUT2D eigenvalue weighted by molar-refractivity contribution is 7.80. The summed E-state index contributed by atoms with van der Waals surface area (Å²) in [6.07, 6.45) is 3.80. The van der Waals surface area contributed by atoms with Crippen LogP contribution in [0.1, 0.15) is 38.7 Å². The smallest absolute Gasteiger partial charge is 0.121 e. The van der Waals surface area contributed by atoms with E-state index in [1.165, 1.54) is 6.42 Å². The summed E-state index contributed by atoms with van der Waals surface area (Å²) < 4.78 is 6.04. The van der Waals surface area contributed by atoms with E-state index in [2.05, 4.69) is 13.8 Å². The van der Waals surface area contributed by atoms with Gasteiger partial charge in [0, 0.05) is 5.56 Å². The molecule has 0 radical (unpaired) electrons. The van der Waals surface area contributed by atoms with E-state index in [9.17, 15) is 0 Å². The summed E-state index contributed by atoms with van der Waals surface area (Å²) in [5.74, 6) is 2.25. The van der Waals surface area contributed by atoms with E-state index >= 15 is 0 Å². The molecule has 2 unspecified atom stereocenters. The Labute approximate surface area is 125 Å². The second-order valence-electron chi connectivity index (χ2n) is 5.66. The maximum absolute atomic E-state index is 6.15. The molecule has 1 aromatic rings. The zero-order valence-corrected chi connectivity index (χ0v) is 12.9. The van der Waals surface area contributed by atoms with E-state index in [1.807, 2.05) is 12.1 Å². The van der Waals surface area contributed by atoms with Crippen LogP contribution < -0.4 is 10.5 Å². The number of benzene rings is 1. The van der Waals surface area contributed by atoms with Crippen LogP contribution in [0.5, 0.6) is 5.75 Å². The van der Waals surface area contributed by atoms with E-state index in [0.29, 0.717) is 15.6 Å². The van der Waals surface area contributed by atoms with Crippen molar-refractivity contribution in [3.63, 3.8) is 0 Å². The van der Waals surface area contributed by atoms with Gasteiger partial charge in [0.1, 0.15) is 10.7 Å². The molecule has 1 aliphatic carbocycles. The van der Waals surface area contributed by atoms with Gasteiger partial charge >= 0.3 is 0 Å². The number of hydrogen-bond acceptors (Lipinski definition) is 2. The van der Waals surface area contributed by atoms with Crippen molar-refractivity contribution in [2.45, 2.75) is 39.2 Å². The summed E-state index contributed by atoms with van der Waals surface area (Å²) in [6.45, 7) is 4.57. The third-order valence-electron chi connectivity index (χ3n) is 3.64. The van der Waals surface area contributed by atoms with Gasteiger partial charge in [-0.1, -0.05) is 37.7 Å². The van der Waals surface area contributed by atoms with Gasteiger partial charge in [-0.2, -0.15) is 0 Å². The van der Waals surface area contributed by atoms with Crippen LogP contribution in [0, 0.1) is 11.8 Å². The minimum atomic E-state index is 0.283. The SMILES string of the molecule is CC1CC(C)CC(Oc2ccc(C(N)=S)c(Cl)c2)C1. The number of hydrogen-bond donors (Lipinski definition) is 1. The summed E-state index contributed by atoms with van der Waals surface area (Å²) in [7, 11) is 0. The molecule has 0 heterocycles. The average molecular weight is 298 g/mol. The predicted octanol–water partition coefficient (Wildman–Crippen LogP) is 4.18. The average Bonchev–Trinajstić information content (AvgIpc) is 2.26. The van der Waals surface area contributed by atoms with Crippen LogP contribution in [0.3, 0.4) is 0 Å². The van der Waals surface area contributed by atoms with Gasteiger partial charge in [-0.15, -0.1) is 0 Å². The number of thiocarbonyl (C=S) groups is 1. The third kappa shape index (κ3) is 3.83. The highest BCUT2D eigenvalue weighted by atomic mass is 35.5. The summed E-state index contributed by atoms with van der Waals surface area (Å²) in [5.41, 5.74) is 6.29. The molecule has 2 atom stereocenters. The van der Waals surface area contributed by atoms with Gasteiger partial charge in [-0.05, 0) is 49.3 Å². The molecule has 1 aliphatic rings. The standard InChI is InChI=1S/C15H20ClNOS/c1-9-5-10(2)7-12(6-9)18-11-3-4-13(15(17)19)14(16)8-11/h3-4,8-10,12H,5-7H2,1-2H3,(H2,17,19). The first-order valence-electron chi connectivity index (χ1n) is 6.71. The Kier molecular flexibility index (Phi) is 4.69. The van der Waals surface area contributed by atoms with Crippen molar-refractivity contribution in [1.82, 2.24) is 0 Å². The largest absolute Gasteiger partial charge is 0.490 e. The minimum absolute atomic E-state index is 0.283. The lowest BCUT2D eigenvalue weighted by Gasteiger charge is -2.31. The first-order valence-corrected chi connectivity index (χ1v) is 7.50. The molecule has 2 N–H and O–H groups in total. The van der Waals surface area contributed by atoms with Crippen molar-refractivity contribution in [1.29, 1.82) is 0 Å². The Morgan fingerprint density at radius 1 is 1.26 bits per heavy atom. The molecule has 1 fully saturated rings. The molecule has 2 rings (SSSR count). The fourth-order valence-corrected chi connectivity index (χ4v) is 3.44. The molecule has 2 nitrogen and oxygen atoms in total. The Bertz CT molecular complexity index is 467. The monoisotopic (exact) mass is 297 g/mol. The van der Waals surface area contributed by atoms with Crippen LogP contribution in [0.4, 0.5) is 0 Å². The zero-order valence-electron chi connectivity index (χ0n) is 11.4. The fraction of sp³-hybridized carbons (Fsp3) is 0.533. The summed E-state index contributed by atoms with van der Waals surface area (Å²) in [6, 6.07) is 5.53. The molecule has 0 bridgehead atoms. The van der Waals surface area contributed by atoms with Gasteiger partial charge in [-0.25, -0.2) is 0 Å². The lowest BCUT2D eigenvalue weighted by Crippen LogP contribution is -2.28. The highest BCUT2D eigenvalue weighted by Crippen LogP contribution is 2.32. The molecule has 19 heavy (non-hydrogen) atoms. The lowest BCUT2D eigenvalue weighted by molar-refractivity contribution is 0.101. The Hall–Kier alpha value is -0.800. The van der Waals surface area contributed by atoms with Crippen LogP contribution in [-0.2, 0) is 0 Å². The summed E-state index contributed by atoms with van der Waals surface area (Å²) in [5, 5.41) is 0.557. The highest BCUT2D eigenvalue weighted by Gasteiger charge is 2.25. The second-order valence-corrected chi connectivity index (χ2v) is 6.51. The van der Waals surface area contributed by atoms with Gasteiger partial charge in [0.15, 0.2) is 0 Å². The molecule has 1 saturated carbocycles. The van der Waals surface area contributed by atoms with Crippen LogP contribution in [0.2, 0.25) is 5.02 Å². The first kappa shape index (κ1) is 14.6. The number of rotatable bonds is 3. The normalized spacial score (nSPS) is 27.0. The van der Waals surface area contributed by atoms with E-state index in [1.54, 1.807) is 6.07 Å². The number of ether oxygens (including phenoxy) is 1. The van der Waals surface area contributed by atoms with E-state index in [0.717, 1.165) is 30.4 Å². The molecule has 104 valence electrons. The zero-order chi connectivity index (χ0) is 14.0. The van der Waals surface area contributed by atoms with E-state index in [-0.39, 0.29) is 6.10 Å². The minimum Gasteiger partial charge on any atom is -0.490 e. The molecule has 4 heteroatoms. The lowest BCUT2D eigenvalue weighted by atomic mass is 9.82. The van der Waals surface area contributed by atoms with Crippen molar-refractivity contribution in [2.24, 2.45) is 17.6 Å². The van der Waals surface area contributed by atoms with Gasteiger partial charge in [0.05, 0.1) is 11.1 Å². The third-order valence-corrected chi connectivity index (χ3v) is 4.18. The van der Waals surface area contributed by atoms with E-state index < -0.39 is 0 Å². The molecule has 1 aromatic carbocycles. The Balaban J connectivity index is 2.07. The molecular weight excluding hydrogens is 278 g/mol. The van der Waals surface area contributed by atoms with Crippen molar-refractivity contribution in [2.75, 3.05) is 0 Å². The van der Waals surface area contributed by atoms with E-state index in [4.69, 9.17) is 34.3 Å². The van der Waals surface area contributed by atoms with Crippen molar-refractivity contribution in [3.8, 4) is 5.75 Å². The molecule has 0 saturated heterocycles. The van der Waals surface area contributed by atoms with Gasteiger partial charge in [-0.3, -0.25) is 0 Å². The Morgan fingerprint density at radius 2 is 1.89 bits per heavy atom. The molecular formula is C15H20ClNOS. The maximum atomic E-state index is 6.15. The van der Waals surface area contributed by atoms with Crippen molar-refractivity contribution in [3.05, 3.63) is 28.8 Å². The second kappa shape index (κ2) is 6.10. The van der Waals surface area contributed by atoms with Crippen LogP contribution in [-0.4, -0.2) is 11.1 Å². The summed E-state index contributed by atoms with van der Waals surface area (Å²) >= 11 is 11.1. The van der Waals surface area contributed by atoms with Crippen molar-refractivity contribution < 1.29 is 4.74 Å². The topological polar surface area (TPSA) is 35.2 Å². The first-order chi connectivity index (χ1) is 8.95. The molecule has 0 aromatic heterocycles. The van der Waals surface area contributed by atoms with Gasteiger partial charge in [0.25, 0.3) is 0 Å². The molecule has 0 amide bonds. The van der Waals surface area contributed by atoms with Gasteiger partial charge in [0.2, 0.25) is 0 Å². The quantitative estimate of drug-likeness (QED) is 0.850. The predicted molar refractivity (Wildman–Crippen MR) is 83.9 cm³/mol. The van der Waals surface area contributed by atoms with Gasteiger partial charge < -0.3 is 10.5 Å². The Morgan fingerprint density at radius 3 is 2.42 bits per heavy atom. The maximum Gasteiger partial charge on any atom is 0.121 e. The number of halogens is 1. The van der Waals surface area contributed by atoms with Crippen LogP contribution in [0.15, 0.2) is 18.2 Å². The fourth-order valence-electron chi connectivity index (χ4n) is 2.93. The molecule has 0 spiro atoms. The van der Waals surface area contributed by atoms with Crippen molar-refractivity contribution >= 4 is 28.8 Å². The summed E-state index contributed by atoms with van der Waals surface area (Å²) in [4.78, 5) is 0.316.